The summed E-state index contributed by atoms with van der Waals surface area (Å²) < 4.78 is 24.4. The molecule has 1 aromatic rings. The van der Waals surface area contributed by atoms with Crippen LogP contribution in [0.3, 0.4) is 0 Å². The van der Waals surface area contributed by atoms with Crippen LogP contribution in [0, 0.1) is 5.82 Å². The minimum atomic E-state index is -1.29. The Kier molecular flexibility index (Phi) is 3.51. The molecule has 0 saturated carbocycles. The van der Waals surface area contributed by atoms with Crippen LogP contribution in [0.5, 0.6) is 0 Å². The number of cyclic esters (lactones) is 2. The lowest BCUT2D eigenvalue weighted by Crippen LogP contribution is -2.42. The Balaban J connectivity index is 1.86. The van der Waals surface area contributed by atoms with E-state index in [2.05, 4.69) is 5.32 Å². The fraction of sp³-hybridized carbons (Fsp3) is 0.333. The maximum Gasteiger partial charge on any atom is 0.350 e. The van der Waals surface area contributed by atoms with E-state index in [1.807, 2.05) is 26.0 Å². The largest absolute Gasteiger partial charge is 0.419 e. The van der Waals surface area contributed by atoms with E-state index in [-0.39, 0.29) is 16.8 Å². The van der Waals surface area contributed by atoms with Crippen LogP contribution in [0.15, 0.2) is 30.0 Å². The highest BCUT2D eigenvalue weighted by atomic mass is 19.1. The number of nitrogens with one attached hydrogen (secondary N) is 1. The molecule has 3 rings (SSSR count). The molecular formula is C18H18FNO4. The van der Waals surface area contributed by atoms with Crippen LogP contribution in [0.4, 0.5) is 10.1 Å². The molecule has 0 unspecified atom stereocenters. The number of hydrogen-bond acceptors (Lipinski definition) is 5. The van der Waals surface area contributed by atoms with Gasteiger partial charge in [-0.05, 0) is 17.7 Å². The molecular weight excluding hydrogens is 313 g/mol. The molecule has 2 aliphatic rings. The number of carbonyl (C=O) groups excluding carboxylic acids is 2. The summed E-state index contributed by atoms with van der Waals surface area (Å²) in [6.45, 7) is 6.81. The summed E-state index contributed by atoms with van der Waals surface area (Å²) in [6, 6.07) is 3.08. The van der Waals surface area contributed by atoms with E-state index in [0.29, 0.717) is 11.3 Å². The fourth-order valence-electron chi connectivity index (χ4n) is 2.84. The van der Waals surface area contributed by atoms with Crippen LogP contribution in [0.1, 0.15) is 38.8 Å². The number of hydrogen-bond donors (Lipinski definition) is 1. The molecule has 1 fully saturated rings. The van der Waals surface area contributed by atoms with Crippen LogP contribution >= 0.6 is 0 Å². The average molecular weight is 331 g/mol. The van der Waals surface area contributed by atoms with Crippen LogP contribution < -0.4 is 5.32 Å². The number of fused-ring (bicyclic) bond motifs is 1. The Morgan fingerprint density at radius 1 is 1.08 bits per heavy atom. The zero-order chi connectivity index (χ0) is 17.7. The third kappa shape index (κ3) is 2.79. The Morgan fingerprint density at radius 2 is 1.71 bits per heavy atom. The summed E-state index contributed by atoms with van der Waals surface area (Å²) in [5.41, 5.74) is 1.17. The van der Waals surface area contributed by atoms with Gasteiger partial charge in [-0.3, -0.25) is 0 Å². The topological polar surface area (TPSA) is 64.6 Å². The van der Waals surface area contributed by atoms with Crippen molar-refractivity contribution >= 4 is 23.7 Å². The predicted molar refractivity (Wildman–Crippen MR) is 86.4 cm³/mol. The van der Waals surface area contributed by atoms with E-state index in [4.69, 9.17) is 9.47 Å². The summed E-state index contributed by atoms with van der Waals surface area (Å²) in [6.07, 6.45) is 4.95. The molecule has 1 N–H and O–H groups in total. The highest BCUT2D eigenvalue weighted by Gasteiger charge is 2.39. The Hall–Kier alpha value is -2.63. The van der Waals surface area contributed by atoms with Crippen molar-refractivity contribution < 1.29 is 23.5 Å². The molecule has 0 spiro atoms. The number of allylic oxidation sites excluding steroid dienone is 1. The summed E-state index contributed by atoms with van der Waals surface area (Å²) in [5, 5.41) is 2.76. The molecule has 0 radical (unpaired) electrons. The molecule has 6 heteroatoms. The highest BCUT2D eigenvalue weighted by molar-refractivity contribution is 6.15. The van der Waals surface area contributed by atoms with E-state index < -0.39 is 17.7 Å². The molecule has 0 atom stereocenters. The molecule has 0 aromatic heterocycles. The quantitative estimate of drug-likeness (QED) is 0.512. The molecule has 24 heavy (non-hydrogen) atoms. The van der Waals surface area contributed by atoms with Gasteiger partial charge in [0.15, 0.2) is 5.57 Å². The first-order valence-electron chi connectivity index (χ1n) is 7.56. The van der Waals surface area contributed by atoms with Gasteiger partial charge in [0.2, 0.25) is 0 Å². The van der Waals surface area contributed by atoms with Gasteiger partial charge in [0.1, 0.15) is 5.82 Å². The Labute approximate surface area is 139 Å². The first-order chi connectivity index (χ1) is 11.1. The van der Waals surface area contributed by atoms with Crippen molar-refractivity contribution in [2.45, 2.75) is 38.9 Å². The third-order valence-electron chi connectivity index (χ3n) is 3.94. The van der Waals surface area contributed by atoms with Gasteiger partial charge in [0, 0.05) is 36.7 Å². The molecule has 1 aliphatic heterocycles. The monoisotopic (exact) mass is 331 g/mol. The van der Waals surface area contributed by atoms with Crippen molar-refractivity contribution in [3.8, 4) is 0 Å². The van der Waals surface area contributed by atoms with E-state index in [0.717, 1.165) is 5.56 Å². The lowest BCUT2D eigenvalue weighted by Gasteiger charge is -2.29. The van der Waals surface area contributed by atoms with Crippen LogP contribution in [-0.2, 0) is 24.5 Å². The van der Waals surface area contributed by atoms with Crippen molar-refractivity contribution in [3.63, 3.8) is 0 Å². The van der Waals surface area contributed by atoms with Crippen LogP contribution in [-0.4, -0.2) is 17.7 Å². The fourth-order valence-corrected chi connectivity index (χ4v) is 2.84. The second-order valence-corrected chi connectivity index (χ2v) is 6.86. The zero-order valence-corrected chi connectivity index (χ0v) is 13.9. The second kappa shape index (κ2) is 5.19. The van der Waals surface area contributed by atoms with E-state index in [9.17, 15) is 14.0 Å². The van der Waals surface area contributed by atoms with Crippen molar-refractivity contribution in [1.29, 1.82) is 0 Å². The molecule has 1 heterocycles. The minimum absolute atomic E-state index is 0.272. The molecule has 5 nitrogen and oxygen atoms in total. The average Bonchev–Trinajstić information content (AvgIpc) is 2.72. The Bertz CT molecular complexity index is 783. The molecule has 0 amide bonds. The molecule has 1 saturated heterocycles. The van der Waals surface area contributed by atoms with Gasteiger partial charge >= 0.3 is 11.9 Å². The lowest BCUT2D eigenvalue weighted by atomic mass is 9.86. The molecule has 126 valence electrons. The number of anilines is 1. The number of halogens is 1. The predicted octanol–water partition coefficient (Wildman–Crippen LogP) is 3.26. The standard InChI is InChI=1S/C18H18FNO4/c1-17(2)6-5-10-7-11(8-13(19)14(10)17)20-9-12-15(21)23-18(3,4)24-16(12)22/h5-9,20H,1-4H3. The minimum Gasteiger partial charge on any atom is -0.419 e. The zero-order valence-electron chi connectivity index (χ0n) is 13.9. The number of ether oxygens (including phenoxy) is 2. The van der Waals surface area contributed by atoms with E-state index >= 15 is 0 Å². The van der Waals surface area contributed by atoms with Gasteiger partial charge in [-0.25, -0.2) is 14.0 Å². The van der Waals surface area contributed by atoms with Crippen molar-refractivity contribution in [1.82, 2.24) is 0 Å². The van der Waals surface area contributed by atoms with Gasteiger partial charge in [-0.15, -0.1) is 0 Å². The lowest BCUT2D eigenvalue weighted by molar-refractivity contribution is -0.222. The first kappa shape index (κ1) is 16.2. The van der Waals surface area contributed by atoms with E-state index in [1.54, 1.807) is 6.07 Å². The number of rotatable bonds is 2. The van der Waals surface area contributed by atoms with Gasteiger partial charge in [0.05, 0.1) is 0 Å². The van der Waals surface area contributed by atoms with Crippen LogP contribution in [0.2, 0.25) is 0 Å². The van der Waals surface area contributed by atoms with E-state index in [1.165, 1.54) is 26.1 Å². The SMILES string of the molecule is CC1(C)OC(=O)C(=CNc2cc(F)c3c(c2)C=CC3(C)C)C(=O)O1. The van der Waals surface area contributed by atoms with Gasteiger partial charge in [-0.2, -0.15) is 0 Å². The molecule has 1 aromatic carbocycles. The highest BCUT2D eigenvalue weighted by Crippen LogP contribution is 2.38. The normalized spacial score (nSPS) is 20.3. The maximum absolute atomic E-state index is 14.4. The summed E-state index contributed by atoms with van der Waals surface area (Å²) in [4.78, 5) is 23.7. The van der Waals surface area contributed by atoms with Gasteiger partial charge < -0.3 is 14.8 Å². The van der Waals surface area contributed by atoms with Gasteiger partial charge in [-0.1, -0.05) is 26.0 Å². The second-order valence-electron chi connectivity index (χ2n) is 6.86. The summed E-state index contributed by atoms with van der Waals surface area (Å²) in [7, 11) is 0. The number of benzene rings is 1. The molecule has 0 bridgehead atoms. The summed E-state index contributed by atoms with van der Waals surface area (Å²) in [5.74, 6) is -3.21. The van der Waals surface area contributed by atoms with Crippen molar-refractivity contribution in [2.24, 2.45) is 0 Å². The summed E-state index contributed by atoms with van der Waals surface area (Å²) >= 11 is 0. The molecule has 1 aliphatic carbocycles. The number of carbonyl (C=O) groups is 2. The Morgan fingerprint density at radius 3 is 2.33 bits per heavy atom. The van der Waals surface area contributed by atoms with Crippen LogP contribution in [0.25, 0.3) is 6.08 Å². The maximum atomic E-state index is 14.4. The smallest absolute Gasteiger partial charge is 0.350 e. The van der Waals surface area contributed by atoms with Gasteiger partial charge in [0.25, 0.3) is 5.79 Å². The van der Waals surface area contributed by atoms with Crippen molar-refractivity contribution in [3.05, 3.63) is 46.9 Å². The van der Waals surface area contributed by atoms with Crippen molar-refractivity contribution in [2.75, 3.05) is 5.32 Å². The first-order valence-corrected chi connectivity index (χ1v) is 7.56. The third-order valence-corrected chi connectivity index (χ3v) is 3.94. The number of esters is 2.